The summed E-state index contributed by atoms with van der Waals surface area (Å²) >= 11 is 1.57. The van der Waals surface area contributed by atoms with Crippen LogP contribution >= 0.6 is 11.3 Å². The first-order valence-electron chi connectivity index (χ1n) is 9.01. The van der Waals surface area contributed by atoms with Crippen molar-refractivity contribution in [2.75, 3.05) is 24.8 Å². The van der Waals surface area contributed by atoms with E-state index in [0.29, 0.717) is 12.2 Å². The van der Waals surface area contributed by atoms with Crippen LogP contribution in [0, 0.1) is 0 Å². The van der Waals surface area contributed by atoms with E-state index in [4.69, 9.17) is 9.47 Å². The second-order valence-corrected chi connectivity index (χ2v) is 7.72. The Labute approximate surface area is 156 Å². The number of methoxy groups -OCH3 is 1. The van der Waals surface area contributed by atoms with Gasteiger partial charge >= 0.3 is 0 Å². The number of anilines is 2. The van der Waals surface area contributed by atoms with E-state index in [1.807, 2.05) is 25.2 Å². The number of carbonyl (C=O) groups is 1. The first-order chi connectivity index (χ1) is 12.7. The number of thiazole rings is 1. The largest absolute Gasteiger partial charge is 0.493 e. The van der Waals surface area contributed by atoms with Crippen molar-refractivity contribution in [3.05, 3.63) is 28.6 Å². The molecule has 7 heteroatoms. The van der Waals surface area contributed by atoms with Gasteiger partial charge in [-0.25, -0.2) is 4.98 Å². The molecule has 2 aliphatic rings. The molecule has 1 amide bonds. The number of nitrogens with one attached hydrogen (secondary N) is 2. The molecule has 1 aliphatic heterocycles. The summed E-state index contributed by atoms with van der Waals surface area (Å²) in [7, 11) is 3.49. The number of amides is 1. The lowest BCUT2D eigenvalue weighted by Gasteiger charge is -2.26. The molecule has 0 saturated heterocycles. The first-order valence-corrected chi connectivity index (χ1v) is 9.83. The van der Waals surface area contributed by atoms with Gasteiger partial charge in [0.2, 0.25) is 5.91 Å². The number of rotatable bonds is 5. The molecule has 4 rings (SSSR count). The van der Waals surface area contributed by atoms with Crippen molar-refractivity contribution >= 4 is 28.2 Å². The minimum absolute atomic E-state index is 0.0231. The number of hydrogen-bond acceptors (Lipinski definition) is 6. The average molecular weight is 373 g/mol. The summed E-state index contributed by atoms with van der Waals surface area (Å²) in [6.45, 7) is 0. The predicted molar refractivity (Wildman–Crippen MR) is 103 cm³/mol. The van der Waals surface area contributed by atoms with Gasteiger partial charge in [-0.3, -0.25) is 4.79 Å². The Bertz CT molecular complexity index is 814. The molecule has 2 N–H and O–H groups in total. The molecule has 0 unspecified atom stereocenters. The van der Waals surface area contributed by atoms with Crippen LogP contribution in [0.2, 0.25) is 0 Å². The second-order valence-electron chi connectivity index (χ2n) is 6.69. The van der Waals surface area contributed by atoms with Crippen LogP contribution < -0.4 is 20.1 Å². The zero-order valence-corrected chi connectivity index (χ0v) is 15.8. The molecule has 1 aromatic carbocycles. The number of carbonyl (C=O) groups excluding carboxylic acids is 1. The highest BCUT2D eigenvalue weighted by Crippen LogP contribution is 2.47. The van der Waals surface area contributed by atoms with Crippen LogP contribution in [0.25, 0.3) is 0 Å². The quantitative estimate of drug-likeness (QED) is 0.829. The number of benzene rings is 1. The fourth-order valence-corrected chi connectivity index (χ4v) is 4.74. The minimum Gasteiger partial charge on any atom is -0.493 e. The molecule has 0 spiro atoms. The summed E-state index contributed by atoms with van der Waals surface area (Å²) in [5.41, 5.74) is 0.999. The lowest BCUT2D eigenvalue weighted by Crippen LogP contribution is -2.23. The number of ether oxygens (including phenoxy) is 2. The fraction of sp³-hybridized carbons (Fsp3) is 0.474. The Morgan fingerprint density at radius 1 is 1.31 bits per heavy atom. The van der Waals surface area contributed by atoms with E-state index >= 15 is 0 Å². The summed E-state index contributed by atoms with van der Waals surface area (Å²) in [6, 6.07) is 5.92. The predicted octanol–water partition coefficient (Wildman–Crippen LogP) is 3.99. The third kappa shape index (κ3) is 3.11. The number of para-hydroxylation sites is 1. The summed E-state index contributed by atoms with van der Waals surface area (Å²) < 4.78 is 12.0. The Kier molecular flexibility index (Phi) is 4.72. The Morgan fingerprint density at radius 3 is 2.85 bits per heavy atom. The van der Waals surface area contributed by atoms with E-state index in [1.54, 1.807) is 18.4 Å². The van der Waals surface area contributed by atoms with Crippen molar-refractivity contribution in [3.8, 4) is 11.5 Å². The standard InChI is InChI=1S/C19H23N3O3S/c1-20-19-22-18-17(26-19)13(10-15(23)21-18)12-8-5-9-14(24-2)16(12)25-11-6-3-4-7-11/h5,8-9,11,13H,3-4,6-7,10H2,1-2H3,(H,20,22)(H,21,23)/t13-/m0/s1. The summed E-state index contributed by atoms with van der Waals surface area (Å²) in [4.78, 5) is 17.8. The molecule has 1 fully saturated rings. The van der Waals surface area contributed by atoms with Gasteiger partial charge in [-0.05, 0) is 31.7 Å². The van der Waals surface area contributed by atoms with Crippen LogP contribution in [-0.2, 0) is 4.79 Å². The number of hydrogen-bond donors (Lipinski definition) is 2. The van der Waals surface area contributed by atoms with Gasteiger partial charge in [0.15, 0.2) is 16.6 Å². The van der Waals surface area contributed by atoms with Gasteiger partial charge in [-0.1, -0.05) is 23.5 Å². The van der Waals surface area contributed by atoms with Gasteiger partial charge in [0.1, 0.15) is 5.82 Å². The topological polar surface area (TPSA) is 72.5 Å². The van der Waals surface area contributed by atoms with E-state index in [2.05, 4.69) is 15.6 Å². The second kappa shape index (κ2) is 7.15. The van der Waals surface area contributed by atoms with Crippen LogP contribution in [0.4, 0.5) is 10.9 Å². The van der Waals surface area contributed by atoms with Crippen molar-refractivity contribution in [1.29, 1.82) is 0 Å². The van der Waals surface area contributed by atoms with Crippen LogP contribution in [0.1, 0.15) is 48.5 Å². The molecule has 1 aliphatic carbocycles. The van der Waals surface area contributed by atoms with Crippen molar-refractivity contribution in [3.63, 3.8) is 0 Å². The molecule has 1 saturated carbocycles. The zero-order chi connectivity index (χ0) is 18.1. The third-order valence-corrected chi connectivity index (χ3v) is 6.21. The van der Waals surface area contributed by atoms with Gasteiger partial charge in [0, 0.05) is 24.9 Å². The van der Waals surface area contributed by atoms with Crippen molar-refractivity contribution < 1.29 is 14.3 Å². The van der Waals surface area contributed by atoms with E-state index in [9.17, 15) is 4.79 Å². The van der Waals surface area contributed by atoms with E-state index in [-0.39, 0.29) is 17.9 Å². The maximum Gasteiger partial charge on any atom is 0.226 e. The Hall–Kier alpha value is -2.28. The summed E-state index contributed by atoms with van der Waals surface area (Å²) in [5.74, 6) is 2.04. The van der Waals surface area contributed by atoms with Crippen molar-refractivity contribution in [1.82, 2.24) is 4.98 Å². The molecule has 2 aromatic rings. The molecule has 1 atom stereocenters. The molecule has 26 heavy (non-hydrogen) atoms. The normalized spacial score (nSPS) is 19.8. The maximum atomic E-state index is 12.3. The molecule has 138 valence electrons. The highest BCUT2D eigenvalue weighted by atomic mass is 32.1. The fourth-order valence-electron chi connectivity index (χ4n) is 3.74. The van der Waals surface area contributed by atoms with Gasteiger partial charge in [-0.2, -0.15) is 0 Å². The van der Waals surface area contributed by atoms with Crippen molar-refractivity contribution in [2.45, 2.75) is 44.1 Å². The first kappa shape index (κ1) is 17.1. The van der Waals surface area contributed by atoms with Crippen LogP contribution in [0.3, 0.4) is 0 Å². The summed E-state index contributed by atoms with van der Waals surface area (Å²) in [5, 5.41) is 6.75. The minimum atomic E-state index is -0.0788. The lowest BCUT2D eigenvalue weighted by atomic mass is 9.90. The molecule has 2 heterocycles. The summed E-state index contributed by atoms with van der Waals surface area (Å²) in [6.07, 6.45) is 5.14. The smallest absolute Gasteiger partial charge is 0.226 e. The van der Waals surface area contributed by atoms with Crippen LogP contribution in [-0.4, -0.2) is 31.2 Å². The van der Waals surface area contributed by atoms with Crippen molar-refractivity contribution in [2.24, 2.45) is 0 Å². The lowest BCUT2D eigenvalue weighted by molar-refractivity contribution is -0.116. The van der Waals surface area contributed by atoms with Crippen LogP contribution in [0.5, 0.6) is 11.5 Å². The SMILES string of the molecule is CNc1nc2c(s1)[C@H](c1cccc(OC)c1OC1CCCC1)CC(=O)N2. The van der Waals surface area contributed by atoms with Gasteiger partial charge in [0.25, 0.3) is 0 Å². The van der Waals surface area contributed by atoms with Gasteiger partial charge in [0.05, 0.1) is 18.1 Å². The zero-order valence-electron chi connectivity index (χ0n) is 15.0. The molecule has 6 nitrogen and oxygen atoms in total. The maximum absolute atomic E-state index is 12.3. The van der Waals surface area contributed by atoms with E-state index in [1.165, 1.54) is 12.8 Å². The molecular formula is C19H23N3O3S. The third-order valence-electron chi connectivity index (χ3n) is 5.02. The highest BCUT2D eigenvalue weighted by molar-refractivity contribution is 7.16. The molecular weight excluding hydrogens is 350 g/mol. The van der Waals surface area contributed by atoms with Gasteiger partial charge in [-0.15, -0.1) is 0 Å². The monoisotopic (exact) mass is 373 g/mol. The molecule has 1 aromatic heterocycles. The molecule has 0 radical (unpaired) electrons. The van der Waals surface area contributed by atoms with E-state index < -0.39 is 0 Å². The highest BCUT2D eigenvalue weighted by Gasteiger charge is 2.33. The number of fused-ring (bicyclic) bond motifs is 1. The van der Waals surface area contributed by atoms with E-state index in [0.717, 1.165) is 39.9 Å². The number of aromatic nitrogens is 1. The van der Waals surface area contributed by atoms with Crippen LogP contribution in [0.15, 0.2) is 18.2 Å². The average Bonchev–Trinajstić information content (AvgIpc) is 3.30. The number of nitrogens with zero attached hydrogens (tertiary/aromatic N) is 1. The Balaban J connectivity index is 1.77. The Morgan fingerprint density at radius 2 is 2.12 bits per heavy atom. The van der Waals surface area contributed by atoms with Gasteiger partial charge < -0.3 is 20.1 Å². The molecule has 0 bridgehead atoms.